The molecule has 0 unspecified atom stereocenters. The molecule has 1 saturated heterocycles. The molecule has 0 radical (unpaired) electrons. The second-order valence-electron chi connectivity index (χ2n) is 4.22. The van der Waals surface area contributed by atoms with Crippen molar-refractivity contribution in [2.24, 2.45) is 0 Å². The summed E-state index contributed by atoms with van der Waals surface area (Å²) in [6.07, 6.45) is -2.56. The van der Waals surface area contributed by atoms with E-state index in [0.29, 0.717) is 6.04 Å². The summed E-state index contributed by atoms with van der Waals surface area (Å²) in [6.45, 7) is 1.94. The first-order valence-electron chi connectivity index (χ1n) is 6.11. The molecule has 1 aromatic rings. The van der Waals surface area contributed by atoms with Crippen LogP contribution in [0.4, 0.5) is 13.2 Å². The van der Waals surface area contributed by atoms with Crippen LogP contribution in [0.3, 0.4) is 0 Å². The lowest BCUT2D eigenvalue weighted by Gasteiger charge is -2.11. The van der Waals surface area contributed by atoms with Gasteiger partial charge in [-0.25, -0.2) is 4.79 Å². The van der Waals surface area contributed by atoms with E-state index in [1.165, 1.54) is 12.8 Å². The summed E-state index contributed by atoms with van der Waals surface area (Å²) >= 11 is 0. The number of carboxylic acids is 1. The first-order chi connectivity index (χ1) is 9.39. The molecule has 1 aliphatic heterocycles. The van der Waals surface area contributed by atoms with Gasteiger partial charge in [-0.1, -0.05) is 18.2 Å². The van der Waals surface area contributed by atoms with Gasteiger partial charge in [0.1, 0.15) is 12.4 Å². The highest BCUT2D eigenvalue weighted by Crippen LogP contribution is 2.13. The fourth-order valence-electron chi connectivity index (χ4n) is 1.61. The zero-order valence-corrected chi connectivity index (χ0v) is 10.7. The van der Waals surface area contributed by atoms with Gasteiger partial charge >= 0.3 is 12.1 Å². The van der Waals surface area contributed by atoms with Crippen molar-refractivity contribution in [3.63, 3.8) is 0 Å². The first-order valence-corrected chi connectivity index (χ1v) is 6.11. The number of aliphatic carboxylic acids is 1. The van der Waals surface area contributed by atoms with Crippen LogP contribution in [0, 0.1) is 0 Å². The maximum absolute atomic E-state index is 10.6. The maximum atomic E-state index is 10.6. The lowest BCUT2D eigenvalue weighted by atomic mass is 10.2. The summed E-state index contributed by atoms with van der Waals surface area (Å²) in [5.74, 6) is -1.79. The van der Waals surface area contributed by atoms with Crippen LogP contribution in [0.15, 0.2) is 30.3 Å². The Hall–Kier alpha value is -1.76. The molecule has 1 aliphatic rings. The molecule has 0 bridgehead atoms. The predicted octanol–water partition coefficient (Wildman–Crippen LogP) is 2.45. The van der Waals surface area contributed by atoms with E-state index in [9.17, 15) is 13.2 Å². The number of ether oxygens (including phenoxy) is 1. The molecule has 112 valence electrons. The minimum absolute atomic E-state index is 0.556. The second kappa shape index (κ2) is 7.74. The third-order valence-corrected chi connectivity index (χ3v) is 2.60. The Bertz CT molecular complexity index is 403. The molecular weight excluding hydrogens is 275 g/mol. The summed E-state index contributed by atoms with van der Waals surface area (Å²) in [5, 5.41) is 10.5. The molecular formula is C13H16F3NO3. The van der Waals surface area contributed by atoms with Crippen LogP contribution < -0.4 is 10.1 Å². The largest absolute Gasteiger partial charge is 0.492 e. The van der Waals surface area contributed by atoms with E-state index >= 15 is 0 Å². The van der Waals surface area contributed by atoms with Crippen molar-refractivity contribution in [2.75, 3.05) is 13.2 Å². The van der Waals surface area contributed by atoms with Crippen molar-refractivity contribution in [3.05, 3.63) is 30.3 Å². The average molecular weight is 291 g/mol. The highest BCUT2D eigenvalue weighted by atomic mass is 19.4. The summed E-state index contributed by atoms with van der Waals surface area (Å²) in [4.78, 5) is 8.90. The molecule has 1 atom stereocenters. The van der Waals surface area contributed by atoms with E-state index in [0.717, 1.165) is 18.9 Å². The van der Waals surface area contributed by atoms with Crippen molar-refractivity contribution < 1.29 is 27.8 Å². The molecule has 0 amide bonds. The Labute approximate surface area is 114 Å². The zero-order chi connectivity index (χ0) is 15.0. The minimum Gasteiger partial charge on any atom is -0.492 e. The molecule has 20 heavy (non-hydrogen) atoms. The summed E-state index contributed by atoms with van der Waals surface area (Å²) < 4.78 is 37.4. The number of hydrogen-bond acceptors (Lipinski definition) is 3. The number of halogens is 3. The van der Waals surface area contributed by atoms with Crippen LogP contribution in [0.2, 0.25) is 0 Å². The molecule has 0 aliphatic carbocycles. The van der Waals surface area contributed by atoms with Crippen LogP contribution in [0.1, 0.15) is 12.8 Å². The monoisotopic (exact) mass is 291 g/mol. The Morgan fingerprint density at radius 3 is 2.40 bits per heavy atom. The lowest BCUT2D eigenvalue weighted by Crippen LogP contribution is -2.28. The Morgan fingerprint density at radius 1 is 1.35 bits per heavy atom. The molecule has 4 nitrogen and oxygen atoms in total. The topological polar surface area (TPSA) is 58.6 Å². The standard InChI is InChI=1S/C11H15NO.C2HF3O2/c1-2-6-11(7-3-1)13-9-10-5-4-8-12-10;3-2(4,5)1(6)7/h1-3,6-7,10,12H,4-5,8-9H2;(H,6,7)/t10-;/m0./s1. The molecule has 0 saturated carbocycles. The van der Waals surface area contributed by atoms with Crippen LogP contribution in [-0.4, -0.2) is 36.4 Å². The smallest absolute Gasteiger partial charge is 0.490 e. The summed E-state index contributed by atoms with van der Waals surface area (Å²) in [7, 11) is 0. The van der Waals surface area contributed by atoms with Crippen LogP contribution in [-0.2, 0) is 4.79 Å². The quantitative estimate of drug-likeness (QED) is 0.898. The van der Waals surface area contributed by atoms with Crippen LogP contribution in [0.5, 0.6) is 5.75 Å². The lowest BCUT2D eigenvalue weighted by molar-refractivity contribution is -0.192. The molecule has 0 aromatic heterocycles. The average Bonchev–Trinajstić information content (AvgIpc) is 2.90. The number of alkyl halides is 3. The number of benzene rings is 1. The van der Waals surface area contributed by atoms with Gasteiger partial charge in [0.2, 0.25) is 0 Å². The van der Waals surface area contributed by atoms with E-state index in [-0.39, 0.29) is 0 Å². The number of carbonyl (C=O) groups is 1. The molecule has 0 spiro atoms. The SMILES string of the molecule is O=C(O)C(F)(F)F.c1ccc(OC[C@@H]2CCCN2)cc1. The fraction of sp³-hybridized carbons (Fsp3) is 0.462. The number of rotatable bonds is 3. The Morgan fingerprint density at radius 2 is 1.95 bits per heavy atom. The predicted molar refractivity (Wildman–Crippen MR) is 66.7 cm³/mol. The maximum Gasteiger partial charge on any atom is 0.490 e. The van der Waals surface area contributed by atoms with Gasteiger partial charge in [-0.15, -0.1) is 0 Å². The number of nitrogens with one attached hydrogen (secondary N) is 1. The van der Waals surface area contributed by atoms with Crippen molar-refractivity contribution in [1.82, 2.24) is 5.32 Å². The molecule has 1 aromatic carbocycles. The molecule has 1 fully saturated rings. The Balaban J connectivity index is 0.000000246. The van der Waals surface area contributed by atoms with Gasteiger partial charge in [-0.3, -0.25) is 0 Å². The first kappa shape index (κ1) is 16.3. The van der Waals surface area contributed by atoms with Gasteiger partial charge in [-0.2, -0.15) is 13.2 Å². The normalized spacial score (nSPS) is 18.1. The van der Waals surface area contributed by atoms with Crippen LogP contribution >= 0.6 is 0 Å². The minimum atomic E-state index is -5.08. The van der Waals surface area contributed by atoms with E-state index in [1.54, 1.807) is 0 Å². The van der Waals surface area contributed by atoms with E-state index in [2.05, 4.69) is 5.32 Å². The fourth-order valence-corrected chi connectivity index (χ4v) is 1.61. The third kappa shape index (κ3) is 6.42. The molecule has 7 heteroatoms. The van der Waals surface area contributed by atoms with Gasteiger partial charge < -0.3 is 15.2 Å². The second-order valence-corrected chi connectivity index (χ2v) is 4.22. The van der Waals surface area contributed by atoms with Crippen molar-refractivity contribution in [3.8, 4) is 5.75 Å². The van der Waals surface area contributed by atoms with E-state index in [1.807, 2.05) is 30.3 Å². The van der Waals surface area contributed by atoms with E-state index < -0.39 is 12.1 Å². The van der Waals surface area contributed by atoms with Gasteiger partial charge in [-0.05, 0) is 31.5 Å². The molecule has 2 N–H and O–H groups in total. The van der Waals surface area contributed by atoms with Crippen molar-refractivity contribution in [2.45, 2.75) is 25.1 Å². The molecule has 1 heterocycles. The van der Waals surface area contributed by atoms with Gasteiger partial charge in [0, 0.05) is 6.04 Å². The Kier molecular flexibility index (Phi) is 6.30. The number of hydrogen-bond donors (Lipinski definition) is 2. The summed E-state index contributed by atoms with van der Waals surface area (Å²) in [6, 6.07) is 10.5. The van der Waals surface area contributed by atoms with Crippen molar-refractivity contribution in [1.29, 1.82) is 0 Å². The highest BCUT2D eigenvalue weighted by molar-refractivity contribution is 5.73. The van der Waals surface area contributed by atoms with Gasteiger partial charge in [0.15, 0.2) is 0 Å². The van der Waals surface area contributed by atoms with Crippen LogP contribution in [0.25, 0.3) is 0 Å². The summed E-state index contributed by atoms with van der Waals surface area (Å²) in [5.41, 5.74) is 0. The third-order valence-electron chi connectivity index (χ3n) is 2.60. The van der Waals surface area contributed by atoms with Gasteiger partial charge in [0.05, 0.1) is 0 Å². The number of carboxylic acid groups (broad SMARTS) is 1. The van der Waals surface area contributed by atoms with Crippen molar-refractivity contribution >= 4 is 5.97 Å². The molecule has 2 rings (SSSR count). The van der Waals surface area contributed by atoms with Gasteiger partial charge in [0.25, 0.3) is 0 Å². The zero-order valence-electron chi connectivity index (χ0n) is 10.7. The number of para-hydroxylation sites is 1. The highest BCUT2D eigenvalue weighted by Gasteiger charge is 2.38. The van der Waals surface area contributed by atoms with E-state index in [4.69, 9.17) is 14.6 Å².